The summed E-state index contributed by atoms with van der Waals surface area (Å²) in [5.74, 6) is -0.219. The van der Waals surface area contributed by atoms with Gasteiger partial charge in [0.2, 0.25) is 0 Å². The molecular formula is C22H20Cl2N4O2. The van der Waals surface area contributed by atoms with E-state index >= 15 is 0 Å². The largest absolute Gasteiger partial charge is 0.319 e. The molecule has 0 saturated heterocycles. The minimum Gasteiger partial charge on any atom is -0.319 e. The molecule has 6 nitrogen and oxygen atoms in total. The van der Waals surface area contributed by atoms with Crippen molar-refractivity contribution in [2.45, 2.75) is 39.0 Å². The molecule has 0 bridgehead atoms. The standard InChI is InChI=1S/C22H20Cl2N4O2/c1-10(2)17-21(29)26-15-8-7-12(16(24)20(15)27-17)9-11(3)18-22(30)28-19-13(23)5-4-6-14(19)25-18/h4-8,10-11H,9H2,1-3H3,(H,26,29)(H,28,30). The molecule has 2 aromatic carbocycles. The molecule has 2 aromatic heterocycles. The van der Waals surface area contributed by atoms with Crippen LogP contribution in [0, 0.1) is 0 Å². The number of rotatable bonds is 4. The van der Waals surface area contributed by atoms with Crippen molar-refractivity contribution in [3.8, 4) is 0 Å². The van der Waals surface area contributed by atoms with Gasteiger partial charge in [0.15, 0.2) is 0 Å². The normalized spacial score (nSPS) is 12.7. The molecule has 0 aliphatic rings. The first kappa shape index (κ1) is 20.6. The van der Waals surface area contributed by atoms with Crippen LogP contribution in [-0.4, -0.2) is 19.9 Å². The van der Waals surface area contributed by atoms with Crippen LogP contribution in [0.25, 0.3) is 22.1 Å². The fraction of sp³-hybridized carbons (Fsp3) is 0.273. The van der Waals surface area contributed by atoms with Gasteiger partial charge in [-0.2, -0.15) is 0 Å². The van der Waals surface area contributed by atoms with E-state index in [4.69, 9.17) is 23.2 Å². The van der Waals surface area contributed by atoms with Crippen LogP contribution in [0.3, 0.4) is 0 Å². The summed E-state index contributed by atoms with van der Waals surface area (Å²) in [5, 5.41) is 0.924. The maximum atomic E-state index is 12.6. The van der Waals surface area contributed by atoms with Crippen LogP contribution in [0.5, 0.6) is 0 Å². The Labute approximate surface area is 182 Å². The lowest BCUT2D eigenvalue weighted by molar-refractivity contribution is 0.721. The minimum atomic E-state index is -0.274. The van der Waals surface area contributed by atoms with Crippen molar-refractivity contribution in [2.24, 2.45) is 0 Å². The number of nitrogens with zero attached hydrogens (tertiary/aromatic N) is 2. The molecule has 0 aliphatic carbocycles. The maximum Gasteiger partial charge on any atom is 0.270 e. The summed E-state index contributed by atoms with van der Waals surface area (Å²) < 4.78 is 0. The molecule has 0 fully saturated rings. The average molecular weight is 443 g/mol. The molecule has 2 N–H and O–H groups in total. The highest BCUT2D eigenvalue weighted by molar-refractivity contribution is 6.35. The summed E-state index contributed by atoms with van der Waals surface area (Å²) in [5.41, 5.74) is 3.51. The predicted octanol–water partition coefficient (Wildman–Crippen LogP) is 4.94. The molecule has 4 rings (SSSR count). The minimum absolute atomic E-state index is 0.0241. The lowest BCUT2D eigenvalue weighted by Gasteiger charge is -2.14. The second-order valence-corrected chi connectivity index (χ2v) is 8.52. The Morgan fingerprint density at radius 3 is 2.40 bits per heavy atom. The first-order chi connectivity index (χ1) is 14.3. The molecule has 0 spiro atoms. The molecule has 30 heavy (non-hydrogen) atoms. The first-order valence-electron chi connectivity index (χ1n) is 9.66. The van der Waals surface area contributed by atoms with E-state index in [9.17, 15) is 9.59 Å². The smallest absolute Gasteiger partial charge is 0.270 e. The molecular weight excluding hydrogens is 423 g/mol. The zero-order chi connectivity index (χ0) is 21.6. The molecule has 1 atom stereocenters. The Balaban J connectivity index is 1.75. The third kappa shape index (κ3) is 3.61. The molecule has 0 amide bonds. The highest BCUT2D eigenvalue weighted by Gasteiger charge is 2.18. The third-order valence-electron chi connectivity index (χ3n) is 5.15. The van der Waals surface area contributed by atoms with Crippen LogP contribution < -0.4 is 11.1 Å². The highest BCUT2D eigenvalue weighted by Crippen LogP contribution is 2.29. The Morgan fingerprint density at radius 2 is 1.67 bits per heavy atom. The summed E-state index contributed by atoms with van der Waals surface area (Å²) in [7, 11) is 0. The second kappa shape index (κ2) is 7.85. The number of halogens is 2. The van der Waals surface area contributed by atoms with Crippen molar-refractivity contribution < 1.29 is 0 Å². The van der Waals surface area contributed by atoms with E-state index in [1.807, 2.05) is 32.9 Å². The SMILES string of the molecule is CC(C)c1nc2c(Cl)c(CC(C)c3nc4cccc(Cl)c4[nH]c3=O)ccc2[nH]c1=O. The van der Waals surface area contributed by atoms with Gasteiger partial charge in [0.25, 0.3) is 11.1 Å². The number of fused-ring (bicyclic) bond motifs is 2. The van der Waals surface area contributed by atoms with Crippen LogP contribution in [0.4, 0.5) is 0 Å². The molecule has 0 aliphatic heterocycles. The molecule has 0 saturated carbocycles. The van der Waals surface area contributed by atoms with Crippen molar-refractivity contribution >= 4 is 45.3 Å². The second-order valence-electron chi connectivity index (χ2n) is 7.73. The number of hydrogen-bond donors (Lipinski definition) is 2. The number of H-pyrrole nitrogens is 2. The Morgan fingerprint density at radius 1 is 0.933 bits per heavy atom. The fourth-order valence-corrected chi connectivity index (χ4v) is 4.07. The van der Waals surface area contributed by atoms with E-state index in [-0.39, 0.29) is 23.0 Å². The van der Waals surface area contributed by atoms with Crippen molar-refractivity contribution in [3.05, 3.63) is 78.0 Å². The zero-order valence-electron chi connectivity index (χ0n) is 16.7. The van der Waals surface area contributed by atoms with Gasteiger partial charge in [0, 0.05) is 11.8 Å². The van der Waals surface area contributed by atoms with E-state index in [1.54, 1.807) is 18.2 Å². The van der Waals surface area contributed by atoms with Crippen LogP contribution in [0.15, 0.2) is 39.9 Å². The average Bonchev–Trinajstić information content (AvgIpc) is 2.70. The molecule has 8 heteroatoms. The van der Waals surface area contributed by atoms with Crippen LogP contribution in [0.1, 0.15) is 49.6 Å². The van der Waals surface area contributed by atoms with Gasteiger partial charge in [-0.1, -0.05) is 56.1 Å². The highest BCUT2D eigenvalue weighted by atomic mass is 35.5. The van der Waals surface area contributed by atoms with Crippen molar-refractivity contribution in [3.63, 3.8) is 0 Å². The molecule has 0 radical (unpaired) electrons. The first-order valence-corrected chi connectivity index (χ1v) is 10.4. The zero-order valence-corrected chi connectivity index (χ0v) is 18.2. The van der Waals surface area contributed by atoms with Gasteiger partial charge >= 0.3 is 0 Å². The Kier molecular flexibility index (Phi) is 5.38. The number of aromatic nitrogens is 4. The van der Waals surface area contributed by atoms with Gasteiger partial charge in [-0.25, -0.2) is 9.97 Å². The Bertz CT molecular complexity index is 1390. The van der Waals surface area contributed by atoms with Crippen LogP contribution in [-0.2, 0) is 6.42 Å². The summed E-state index contributed by atoms with van der Waals surface area (Å²) >= 11 is 12.8. The van der Waals surface area contributed by atoms with Gasteiger partial charge in [-0.3, -0.25) is 9.59 Å². The molecule has 154 valence electrons. The van der Waals surface area contributed by atoms with Crippen molar-refractivity contribution in [1.29, 1.82) is 0 Å². The van der Waals surface area contributed by atoms with Gasteiger partial charge < -0.3 is 9.97 Å². The maximum absolute atomic E-state index is 12.6. The topological polar surface area (TPSA) is 91.5 Å². The Hall–Kier alpha value is -2.70. The molecule has 1 unspecified atom stereocenters. The summed E-state index contributed by atoms with van der Waals surface area (Å²) in [6.07, 6.45) is 0.495. The monoisotopic (exact) mass is 442 g/mol. The van der Waals surface area contributed by atoms with Crippen molar-refractivity contribution in [2.75, 3.05) is 0 Å². The van der Waals surface area contributed by atoms with Gasteiger partial charge in [0.1, 0.15) is 16.9 Å². The number of aromatic amines is 2. The summed E-state index contributed by atoms with van der Waals surface area (Å²) in [6, 6.07) is 8.95. The fourth-order valence-electron chi connectivity index (χ4n) is 3.57. The molecule has 4 aromatic rings. The van der Waals surface area contributed by atoms with E-state index in [0.717, 1.165) is 5.56 Å². The van der Waals surface area contributed by atoms with Crippen LogP contribution in [0.2, 0.25) is 10.0 Å². The number of hydrogen-bond acceptors (Lipinski definition) is 4. The number of benzene rings is 2. The lowest BCUT2D eigenvalue weighted by atomic mass is 9.97. The molecule has 2 heterocycles. The van der Waals surface area contributed by atoms with Crippen molar-refractivity contribution in [1.82, 2.24) is 19.9 Å². The van der Waals surface area contributed by atoms with E-state index < -0.39 is 0 Å². The summed E-state index contributed by atoms with van der Waals surface area (Å²) in [4.78, 5) is 39.5. The quantitative estimate of drug-likeness (QED) is 0.468. The van der Waals surface area contributed by atoms with E-state index in [0.29, 0.717) is 49.9 Å². The lowest BCUT2D eigenvalue weighted by Crippen LogP contribution is -2.19. The number of para-hydroxylation sites is 1. The van der Waals surface area contributed by atoms with Crippen LogP contribution >= 0.6 is 23.2 Å². The van der Waals surface area contributed by atoms with Gasteiger partial charge in [-0.05, 0) is 30.2 Å². The third-order valence-corrected chi connectivity index (χ3v) is 5.89. The van der Waals surface area contributed by atoms with E-state index in [2.05, 4.69) is 19.9 Å². The number of nitrogens with one attached hydrogen (secondary N) is 2. The predicted molar refractivity (Wildman–Crippen MR) is 121 cm³/mol. The van der Waals surface area contributed by atoms with E-state index in [1.165, 1.54) is 0 Å². The van der Waals surface area contributed by atoms with Gasteiger partial charge in [-0.15, -0.1) is 0 Å². The van der Waals surface area contributed by atoms with Gasteiger partial charge in [0.05, 0.1) is 26.6 Å². The summed E-state index contributed by atoms with van der Waals surface area (Å²) in [6.45, 7) is 5.74.